The first kappa shape index (κ1) is 7.33. The highest BCUT2D eigenvalue weighted by Crippen LogP contribution is 2.04. The maximum atomic E-state index is 5.18. The summed E-state index contributed by atoms with van der Waals surface area (Å²) in [7, 11) is 0. The smallest absolute Gasteiger partial charge is 0.178 e. The maximum absolute atomic E-state index is 5.18. The summed E-state index contributed by atoms with van der Waals surface area (Å²) in [6.45, 7) is 1.04. The van der Waals surface area contributed by atoms with E-state index in [0.717, 1.165) is 13.0 Å². The highest BCUT2D eigenvalue weighted by atomic mass is 16.7. The molecule has 0 fully saturated rings. The molecular weight excluding hydrogens is 128 g/mol. The van der Waals surface area contributed by atoms with Crippen molar-refractivity contribution in [1.29, 1.82) is 0 Å². The van der Waals surface area contributed by atoms with Crippen molar-refractivity contribution in [2.75, 3.05) is 13.2 Å². The van der Waals surface area contributed by atoms with Crippen LogP contribution in [0.1, 0.15) is 6.42 Å². The van der Waals surface area contributed by atoms with Gasteiger partial charge in [-0.3, -0.25) is 0 Å². The molecule has 0 amide bonds. The Kier molecular flexibility index (Phi) is 3.01. The molecule has 1 heterocycles. The monoisotopic (exact) mass is 138 g/mol. The van der Waals surface area contributed by atoms with Gasteiger partial charge in [-0.25, -0.2) is 0 Å². The molecule has 0 saturated heterocycles. The fourth-order valence-corrected chi connectivity index (χ4v) is 0.749. The van der Waals surface area contributed by atoms with Crippen LogP contribution in [-0.4, -0.2) is 19.5 Å². The van der Waals surface area contributed by atoms with Gasteiger partial charge in [0.15, 0.2) is 6.29 Å². The van der Waals surface area contributed by atoms with Gasteiger partial charge in [0.1, 0.15) is 6.61 Å². The molecule has 0 aliphatic carbocycles. The second-order valence-corrected chi connectivity index (χ2v) is 1.97. The van der Waals surface area contributed by atoms with Crippen LogP contribution >= 0.6 is 0 Å². The van der Waals surface area contributed by atoms with Crippen LogP contribution in [0, 0.1) is 12.3 Å². The minimum Gasteiger partial charge on any atom is -0.349 e. The molecule has 0 bridgehead atoms. The van der Waals surface area contributed by atoms with Crippen molar-refractivity contribution < 1.29 is 9.47 Å². The van der Waals surface area contributed by atoms with Crippen molar-refractivity contribution in [3.63, 3.8) is 0 Å². The summed E-state index contributed by atoms with van der Waals surface area (Å²) in [4.78, 5) is 0. The van der Waals surface area contributed by atoms with Crippen molar-refractivity contribution in [3.05, 3.63) is 12.2 Å². The third kappa shape index (κ3) is 2.22. The number of hydrogen-bond donors (Lipinski definition) is 0. The number of terminal acetylenes is 1. The predicted molar refractivity (Wildman–Crippen MR) is 38.3 cm³/mol. The first-order chi connectivity index (χ1) is 4.93. The van der Waals surface area contributed by atoms with E-state index in [1.165, 1.54) is 0 Å². The Bertz CT molecular complexity index is 155. The summed E-state index contributed by atoms with van der Waals surface area (Å²) in [5, 5.41) is 0. The van der Waals surface area contributed by atoms with E-state index in [9.17, 15) is 0 Å². The fraction of sp³-hybridized carbons (Fsp3) is 0.500. The van der Waals surface area contributed by atoms with Gasteiger partial charge < -0.3 is 9.47 Å². The van der Waals surface area contributed by atoms with E-state index in [1.54, 1.807) is 0 Å². The summed E-state index contributed by atoms with van der Waals surface area (Å²) in [6, 6.07) is 0. The van der Waals surface area contributed by atoms with Gasteiger partial charge in [-0.1, -0.05) is 12.0 Å². The van der Waals surface area contributed by atoms with Gasteiger partial charge in [-0.15, -0.1) is 6.42 Å². The SMILES string of the molecule is C#CCOC1C=CCCO1. The molecule has 0 N–H and O–H groups in total. The van der Waals surface area contributed by atoms with Crippen molar-refractivity contribution in [2.45, 2.75) is 12.7 Å². The Morgan fingerprint density at radius 1 is 1.80 bits per heavy atom. The highest BCUT2D eigenvalue weighted by Gasteiger charge is 2.06. The lowest BCUT2D eigenvalue weighted by Gasteiger charge is -2.16. The molecule has 1 aliphatic heterocycles. The summed E-state index contributed by atoms with van der Waals surface area (Å²) in [5.74, 6) is 2.38. The molecule has 0 aromatic rings. The van der Waals surface area contributed by atoms with E-state index in [2.05, 4.69) is 5.92 Å². The van der Waals surface area contributed by atoms with Crippen LogP contribution in [0.2, 0.25) is 0 Å². The van der Waals surface area contributed by atoms with Crippen LogP contribution < -0.4 is 0 Å². The average molecular weight is 138 g/mol. The van der Waals surface area contributed by atoms with E-state index in [-0.39, 0.29) is 6.29 Å². The van der Waals surface area contributed by atoms with Gasteiger partial charge in [-0.2, -0.15) is 0 Å². The van der Waals surface area contributed by atoms with Crippen LogP contribution in [0.15, 0.2) is 12.2 Å². The minimum atomic E-state index is -0.218. The van der Waals surface area contributed by atoms with Gasteiger partial charge in [0.2, 0.25) is 0 Å². The second-order valence-electron chi connectivity index (χ2n) is 1.97. The third-order valence-electron chi connectivity index (χ3n) is 1.19. The first-order valence-corrected chi connectivity index (χ1v) is 3.27. The van der Waals surface area contributed by atoms with Crippen LogP contribution in [0.4, 0.5) is 0 Å². The van der Waals surface area contributed by atoms with Gasteiger partial charge in [0, 0.05) is 0 Å². The molecule has 0 radical (unpaired) electrons. The van der Waals surface area contributed by atoms with Gasteiger partial charge in [-0.05, 0) is 12.5 Å². The minimum absolute atomic E-state index is 0.218. The molecule has 0 aromatic carbocycles. The topological polar surface area (TPSA) is 18.5 Å². The lowest BCUT2D eigenvalue weighted by Crippen LogP contribution is -2.18. The average Bonchev–Trinajstić information content (AvgIpc) is 2.03. The quantitative estimate of drug-likeness (QED) is 0.417. The lowest BCUT2D eigenvalue weighted by atomic mass is 10.3. The van der Waals surface area contributed by atoms with Crippen LogP contribution in [0.5, 0.6) is 0 Å². The van der Waals surface area contributed by atoms with E-state index >= 15 is 0 Å². The largest absolute Gasteiger partial charge is 0.349 e. The summed E-state index contributed by atoms with van der Waals surface area (Å²) in [6.07, 6.45) is 9.65. The zero-order valence-electron chi connectivity index (χ0n) is 5.75. The molecule has 1 aliphatic rings. The summed E-state index contributed by atoms with van der Waals surface area (Å²) < 4.78 is 10.3. The van der Waals surface area contributed by atoms with Gasteiger partial charge in [0.05, 0.1) is 6.61 Å². The zero-order valence-corrected chi connectivity index (χ0v) is 5.75. The number of hydrogen-bond acceptors (Lipinski definition) is 2. The molecule has 1 atom stereocenters. The Balaban J connectivity index is 2.21. The molecule has 2 heteroatoms. The second kappa shape index (κ2) is 4.10. The zero-order chi connectivity index (χ0) is 7.23. The molecule has 2 nitrogen and oxygen atoms in total. The third-order valence-corrected chi connectivity index (χ3v) is 1.19. The van der Waals surface area contributed by atoms with E-state index in [0.29, 0.717) is 6.61 Å². The molecule has 0 aromatic heterocycles. The van der Waals surface area contributed by atoms with Crippen molar-refractivity contribution in [1.82, 2.24) is 0 Å². The number of rotatable bonds is 2. The Hall–Kier alpha value is -0.780. The van der Waals surface area contributed by atoms with Crippen LogP contribution in [0.3, 0.4) is 0 Å². The highest BCUT2D eigenvalue weighted by molar-refractivity contribution is 4.90. The first-order valence-electron chi connectivity index (χ1n) is 3.27. The van der Waals surface area contributed by atoms with E-state index in [1.807, 2.05) is 12.2 Å². The predicted octanol–water partition coefficient (Wildman–Crippen LogP) is 0.939. The Morgan fingerprint density at radius 3 is 3.30 bits per heavy atom. The molecular formula is C8H10O2. The van der Waals surface area contributed by atoms with Crippen molar-refractivity contribution >= 4 is 0 Å². The fourth-order valence-electron chi connectivity index (χ4n) is 0.749. The van der Waals surface area contributed by atoms with Crippen LogP contribution in [-0.2, 0) is 9.47 Å². The van der Waals surface area contributed by atoms with Crippen molar-refractivity contribution in [2.24, 2.45) is 0 Å². The molecule has 54 valence electrons. The molecule has 0 spiro atoms. The number of ether oxygens (including phenoxy) is 2. The maximum Gasteiger partial charge on any atom is 0.178 e. The molecule has 1 rings (SSSR count). The van der Waals surface area contributed by atoms with Gasteiger partial charge in [0.25, 0.3) is 0 Å². The molecule has 1 unspecified atom stereocenters. The lowest BCUT2D eigenvalue weighted by molar-refractivity contribution is -0.105. The molecule has 0 saturated carbocycles. The van der Waals surface area contributed by atoms with E-state index < -0.39 is 0 Å². The van der Waals surface area contributed by atoms with E-state index in [4.69, 9.17) is 15.9 Å². The Labute approximate surface area is 60.8 Å². The summed E-state index contributed by atoms with van der Waals surface area (Å²) in [5.41, 5.74) is 0. The Morgan fingerprint density at radius 2 is 2.70 bits per heavy atom. The van der Waals surface area contributed by atoms with Crippen LogP contribution in [0.25, 0.3) is 0 Å². The normalized spacial score (nSPS) is 24.1. The standard InChI is InChI=1S/C8H10O2/c1-2-6-9-8-5-3-4-7-10-8/h1,3,5,8H,4,6-7H2. The molecule has 10 heavy (non-hydrogen) atoms. The van der Waals surface area contributed by atoms with Crippen molar-refractivity contribution in [3.8, 4) is 12.3 Å². The summed E-state index contributed by atoms with van der Waals surface area (Å²) >= 11 is 0. The van der Waals surface area contributed by atoms with Gasteiger partial charge >= 0.3 is 0 Å².